The van der Waals surface area contributed by atoms with E-state index in [1.165, 1.54) is 22.4 Å². The van der Waals surface area contributed by atoms with E-state index in [-0.39, 0.29) is 0 Å². The lowest BCUT2D eigenvalue weighted by Crippen LogP contribution is -2.32. The van der Waals surface area contributed by atoms with Gasteiger partial charge in [-0.05, 0) is 54.0 Å². The number of aromatic amines is 1. The van der Waals surface area contributed by atoms with E-state index in [9.17, 15) is 4.79 Å². The number of aromatic nitrogens is 2. The molecule has 154 valence electrons. The lowest BCUT2D eigenvalue weighted by atomic mass is 10.0. The molecule has 3 heterocycles. The zero-order chi connectivity index (χ0) is 20.3. The number of nitrogens with zero attached hydrogens (tertiary/aromatic N) is 3. The number of benzene rings is 2. The van der Waals surface area contributed by atoms with Crippen LogP contribution in [-0.4, -0.2) is 47.2 Å². The van der Waals surface area contributed by atoms with Gasteiger partial charge in [0.1, 0.15) is 0 Å². The molecule has 1 aromatic heterocycles. The first-order valence-electron chi connectivity index (χ1n) is 10.9. The lowest BCUT2D eigenvalue weighted by molar-refractivity contribution is -0.130. The Balaban J connectivity index is 1.16. The molecule has 5 heteroatoms. The highest BCUT2D eigenvalue weighted by Gasteiger charge is 2.29. The van der Waals surface area contributed by atoms with Crippen LogP contribution in [0.4, 0.5) is 5.69 Å². The molecule has 0 radical (unpaired) electrons. The molecule has 1 unspecified atom stereocenters. The number of anilines is 1. The summed E-state index contributed by atoms with van der Waals surface area (Å²) in [7, 11) is 0. The summed E-state index contributed by atoms with van der Waals surface area (Å²) in [5, 5.41) is 6.95. The predicted octanol–water partition coefficient (Wildman–Crippen LogP) is 3.92. The molecule has 2 aliphatic rings. The van der Waals surface area contributed by atoms with Gasteiger partial charge in [0.15, 0.2) is 0 Å². The van der Waals surface area contributed by atoms with E-state index in [4.69, 9.17) is 0 Å². The first-order chi connectivity index (χ1) is 14.8. The van der Waals surface area contributed by atoms with Crippen molar-refractivity contribution in [2.75, 3.05) is 31.1 Å². The van der Waals surface area contributed by atoms with Crippen LogP contribution in [0.1, 0.15) is 24.0 Å². The van der Waals surface area contributed by atoms with Crippen molar-refractivity contribution in [3.8, 4) is 11.1 Å². The fraction of sp³-hybridized carbons (Fsp3) is 0.360. The Morgan fingerprint density at radius 1 is 1.10 bits per heavy atom. The Morgan fingerprint density at radius 3 is 2.83 bits per heavy atom. The zero-order valence-electron chi connectivity index (χ0n) is 17.3. The number of amides is 1. The minimum Gasteiger partial charge on any atom is -0.371 e. The maximum Gasteiger partial charge on any atom is 0.222 e. The van der Waals surface area contributed by atoms with Crippen LogP contribution in [0.25, 0.3) is 11.1 Å². The normalized spacial score (nSPS) is 18.1. The predicted molar refractivity (Wildman–Crippen MR) is 119 cm³/mol. The summed E-state index contributed by atoms with van der Waals surface area (Å²) < 4.78 is 0. The maximum atomic E-state index is 12.7. The van der Waals surface area contributed by atoms with E-state index >= 15 is 0 Å². The van der Waals surface area contributed by atoms with Crippen molar-refractivity contribution >= 4 is 11.6 Å². The third kappa shape index (κ3) is 3.97. The molecule has 1 saturated heterocycles. The Bertz CT molecular complexity index is 999. The highest BCUT2D eigenvalue weighted by molar-refractivity contribution is 5.76. The van der Waals surface area contributed by atoms with Crippen LogP contribution in [-0.2, 0) is 17.6 Å². The average molecular weight is 401 g/mol. The highest BCUT2D eigenvalue weighted by Crippen LogP contribution is 2.33. The number of nitrogens with one attached hydrogen (secondary N) is 1. The lowest BCUT2D eigenvalue weighted by Gasteiger charge is -2.24. The fourth-order valence-electron chi connectivity index (χ4n) is 4.82. The van der Waals surface area contributed by atoms with Gasteiger partial charge in [-0.2, -0.15) is 5.10 Å². The molecule has 5 rings (SSSR count). The van der Waals surface area contributed by atoms with Crippen LogP contribution in [0.5, 0.6) is 0 Å². The van der Waals surface area contributed by atoms with Crippen molar-refractivity contribution in [2.45, 2.75) is 25.7 Å². The monoisotopic (exact) mass is 400 g/mol. The van der Waals surface area contributed by atoms with Crippen LogP contribution in [0.2, 0.25) is 0 Å². The smallest absolute Gasteiger partial charge is 0.222 e. The number of aryl methyl sites for hydroxylation is 1. The first kappa shape index (κ1) is 18.9. The molecule has 2 aliphatic heterocycles. The second-order valence-corrected chi connectivity index (χ2v) is 8.51. The fourth-order valence-corrected chi connectivity index (χ4v) is 4.82. The number of carbonyl (C=O) groups excluding carboxylic acids is 1. The molecule has 1 atom stereocenters. The van der Waals surface area contributed by atoms with Crippen molar-refractivity contribution in [2.24, 2.45) is 5.92 Å². The van der Waals surface area contributed by atoms with Crippen molar-refractivity contribution < 1.29 is 4.79 Å². The van der Waals surface area contributed by atoms with E-state index in [2.05, 4.69) is 50.3 Å². The van der Waals surface area contributed by atoms with E-state index in [1.54, 1.807) is 0 Å². The summed E-state index contributed by atoms with van der Waals surface area (Å²) in [6, 6.07) is 17.0. The van der Waals surface area contributed by atoms with E-state index in [0.717, 1.165) is 51.0 Å². The van der Waals surface area contributed by atoms with Crippen LogP contribution < -0.4 is 4.90 Å². The number of fused-ring (bicyclic) bond motifs is 1. The molecule has 5 nitrogen and oxygen atoms in total. The Labute approximate surface area is 177 Å². The van der Waals surface area contributed by atoms with Gasteiger partial charge >= 0.3 is 0 Å². The number of H-pyrrole nitrogens is 1. The number of rotatable bonds is 6. The van der Waals surface area contributed by atoms with Gasteiger partial charge in [0.2, 0.25) is 5.91 Å². The maximum absolute atomic E-state index is 12.7. The molecule has 1 N–H and O–H groups in total. The molecule has 3 aromatic rings. The highest BCUT2D eigenvalue weighted by atomic mass is 16.2. The average Bonchev–Trinajstić information content (AvgIpc) is 3.54. The van der Waals surface area contributed by atoms with E-state index in [1.807, 2.05) is 30.6 Å². The Kier molecular flexibility index (Phi) is 5.26. The standard InChI is InChI=1S/C25H28N4O/c30-25(9-6-19-4-2-1-3-5-19)29-12-10-20(18-29)17-28-13-11-22-14-21(7-8-24(22)28)23-15-26-27-16-23/h1-5,7-8,14-16,20H,6,9-13,17-18H2,(H,26,27). The molecule has 1 amide bonds. The largest absolute Gasteiger partial charge is 0.371 e. The van der Waals surface area contributed by atoms with Gasteiger partial charge < -0.3 is 9.80 Å². The van der Waals surface area contributed by atoms with Crippen LogP contribution in [0.15, 0.2) is 60.9 Å². The first-order valence-corrected chi connectivity index (χ1v) is 10.9. The third-order valence-corrected chi connectivity index (χ3v) is 6.49. The number of hydrogen-bond donors (Lipinski definition) is 1. The minimum atomic E-state index is 0.299. The summed E-state index contributed by atoms with van der Waals surface area (Å²) in [6.45, 7) is 3.91. The molecule has 1 fully saturated rings. The summed E-state index contributed by atoms with van der Waals surface area (Å²) >= 11 is 0. The topological polar surface area (TPSA) is 52.2 Å². The van der Waals surface area contributed by atoms with Gasteiger partial charge in [0.05, 0.1) is 6.20 Å². The molecule has 0 spiro atoms. The summed E-state index contributed by atoms with van der Waals surface area (Å²) in [5.41, 5.74) is 6.38. The molecular weight excluding hydrogens is 372 g/mol. The SMILES string of the molecule is O=C(CCc1ccccc1)N1CCC(CN2CCc3cc(-c4cn[nH]c4)ccc32)C1. The van der Waals surface area contributed by atoms with Crippen LogP contribution in [0, 0.1) is 5.92 Å². The number of hydrogen-bond acceptors (Lipinski definition) is 3. The third-order valence-electron chi connectivity index (χ3n) is 6.49. The molecule has 30 heavy (non-hydrogen) atoms. The van der Waals surface area contributed by atoms with Crippen LogP contribution in [0.3, 0.4) is 0 Å². The van der Waals surface area contributed by atoms with Gasteiger partial charge in [0, 0.05) is 50.0 Å². The summed E-state index contributed by atoms with van der Waals surface area (Å²) in [4.78, 5) is 17.2. The second kappa shape index (κ2) is 8.34. The Hall–Kier alpha value is -3.08. The molecule has 0 aliphatic carbocycles. The Morgan fingerprint density at radius 2 is 2.00 bits per heavy atom. The number of carbonyl (C=O) groups is 1. The van der Waals surface area contributed by atoms with E-state index in [0.29, 0.717) is 18.2 Å². The van der Waals surface area contributed by atoms with Gasteiger partial charge in [0.25, 0.3) is 0 Å². The molecule has 0 saturated carbocycles. The van der Waals surface area contributed by atoms with Crippen molar-refractivity contribution in [3.05, 3.63) is 72.1 Å². The van der Waals surface area contributed by atoms with Crippen molar-refractivity contribution in [1.82, 2.24) is 15.1 Å². The van der Waals surface area contributed by atoms with Gasteiger partial charge in [-0.15, -0.1) is 0 Å². The van der Waals surface area contributed by atoms with Crippen molar-refractivity contribution in [3.63, 3.8) is 0 Å². The summed E-state index contributed by atoms with van der Waals surface area (Å²) in [5.74, 6) is 0.859. The molecule has 2 aromatic carbocycles. The summed E-state index contributed by atoms with van der Waals surface area (Å²) in [6.07, 6.45) is 7.45. The van der Waals surface area contributed by atoms with Crippen molar-refractivity contribution in [1.29, 1.82) is 0 Å². The molecular formula is C25H28N4O. The zero-order valence-corrected chi connectivity index (χ0v) is 17.3. The van der Waals surface area contributed by atoms with Crippen LogP contribution >= 0.6 is 0 Å². The van der Waals surface area contributed by atoms with Gasteiger partial charge in [-0.3, -0.25) is 9.89 Å². The quantitative estimate of drug-likeness (QED) is 0.682. The van der Waals surface area contributed by atoms with Gasteiger partial charge in [-0.25, -0.2) is 0 Å². The number of likely N-dealkylation sites (tertiary alicyclic amines) is 1. The molecule has 0 bridgehead atoms. The minimum absolute atomic E-state index is 0.299. The van der Waals surface area contributed by atoms with Gasteiger partial charge in [-0.1, -0.05) is 36.4 Å². The van der Waals surface area contributed by atoms with E-state index < -0.39 is 0 Å². The second-order valence-electron chi connectivity index (χ2n) is 8.51.